The van der Waals surface area contributed by atoms with Crippen molar-refractivity contribution in [3.8, 4) is 0 Å². The number of nitrogens with zero attached hydrogens (tertiary/aromatic N) is 1. The number of hydrogen-bond acceptors (Lipinski definition) is 2. The molecule has 1 unspecified atom stereocenters. The van der Waals surface area contributed by atoms with Crippen LogP contribution in [-0.4, -0.2) is 10.6 Å². The van der Waals surface area contributed by atoms with Crippen LogP contribution in [0.1, 0.15) is 11.1 Å². The molecule has 0 saturated carbocycles. The average molecular weight is 325 g/mol. The molecule has 0 saturated heterocycles. The van der Waals surface area contributed by atoms with Gasteiger partial charge in [-0.05, 0) is 29.8 Å². The second kappa shape index (κ2) is 5.24. The molecule has 0 bridgehead atoms. The summed E-state index contributed by atoms with van der Waals surface area (Å²) in [5.74, 6) is 0.152. The third kappa shape index (κ3) is 2.41. The van der Waals surface area contributed by atoms with Gasteiger partial charge in [-0.3, -0.25) is 13.9 Å². The molecule has 1 amide bonds. The first kappa shape index (κ1) is 14.8. The van der Waals surface area contributed by atoms with Crippen LogP contribution < -0.4 is 4.90 Å². The third-order valence-electron chi connectivity index (χ3n) is 3.43. The number of rotatable bonds is 1. The van der Waals surface area contributed by atoms with Crippen LogP contribution in [-0.2, 0) is 27.5 Å². The summed E-state index contributed by atoms with van der Waals surface area (Å²) in [4.78, 5) is 12.8. The summed E-state index contributed by atoms with van der Waals surface area (Å²) in [6.45, 7) is 0. The van der Waals surface area contributed by atoms with Crippen LogP contribution in [0, 0.1) is 0 Å². The SMILES string of the molecule is O=CN1c2ccccc2CS(=O)c2ccc(C(F)(F)F)cc21. The summed E-state index contributed by atoms with van der Waals surface area (Å²) in [5.41, 5.74) is 0.226. The van der Waals surface area contributed by atoms with Crippen molar-refractivity contribution in [1.82, 2.24) is 0 Å². The Bertz CT molecular complexity index is 774. The van der Waals surface area contributed by atoms with Gasteiger partial charge in [-0.15, -0.1) is 0 Å². The van der Waals surface area contributed by atoms with Gasteiger partial charge in [0.15, 0.2) is 0 Å². The van der Waals surface area contributed by atoms with E-state index < -0.39 is 22.5 Å². The predicted octanol–water partition coefficient (Wildman–Crippen LogP) is 3.62. The minimum atomic E-state index is -4.53. The van der Waals surface area contributed by atoms with Gasteiger partial charge in [-0.25, -0.2) is 0 Å². The first-order valence-electron chi connectivity index (χ1n) is 6.34. The molecule has 0 aromatic heterocycles. The van der Waals surface area contributed by atoms with E-state index in [2.05, 4.69) is 0 Å². The molecule has 0 fully saturated rings. The van der Waals surface area contributed by atoms with E-state index in [1.54, 1.807) is 24.3 Å². The van der Waals surface area contributed by atoms with Gasteiger partial charge in [-0.2, -0.15) is 13.2 Å². The summed E-state index contributed by atoms with van der Waals surface area (Å²) >= 11 is 0. The van der Waals surface area contributed by atoms with Crippen molar-refractivity contribution in [2.24, 2.45) is 0 Å². The van der Waals surface area contributed by atoms with Crippen molar-refractivity contribution < 1.29 is 22.2 Å². The molecular formula is C15H10F3NO2S. The maximum atomic E-state index is 12.9. The van der Waals surface area contributed by atoms with E-state index in [1.807, 2.05) is 0 Å². The number of carbonyl (C=O) groups excluding carboxylic acids is 1. The molecular weight excluding hydrogens is 315 g/mol. The summed E-state index contributed by atoms with van der Waals surface area (Å²) in [7, 11) is -1.52. The first-order chi connectivity index (χ1) is 10.4. The molecule has 3 nitrogen and oxygen atoms in total. The Morgan fingerprint density at radius 3 is 2.50 bits per heavy atom. The molecule has 2 aromatic carbocycles. The first-order valence-corrected chi connectivity index (χ1v) is 7.66. The molecule has 0 N–H and O–H groups in total. The van der Waals surface area contributed by atoms with Crippen molar-refractivity contribution in [3.63, 3.8) is 0 Å². The smallest absolute Gasteiger partial charge is 0.282 e. The normalized spacial score (nSPS) is 17.4. The molecule has 0 spiro atoms. The fraction of sp³-hybridized carbons (Fsp3) is 0.133. The summed E-state index contributed by atoms with van der Waals surface area (Å²) < 4.78 is 51.1. The quantitative estimate of drug-likeness (QED) is 0.751. The molecule has 7 heteroatoms. The van der Waals surface area contributed by atoms with E-state index in [4.69, 9.17) is 0 Å². The zero-order chi connectivity index (χ0) is 15.9. The maximum Gasteiger partial charge on any atom is 0.416 e. The lowest BCUT2D eigenvalue weighted by atomic mass is 10.1. The minimum absolute atomic E-state index is 0.00751. The number of alkyl halides is 3. The van der Waals surface area contributed by atoms with E-state index in [1.165, 1.54) is 6.07 Å². The zero-order valence-electron chi connectivity index (χ0n) is 11.1. The monoisotopic (exact) mass is 325 g/mol. The third-order valence-corrected chi connectivity index (χ3v) is 4.84. The molecule has 2 aromatic rings. The van der Waals surface area contributed by atoms with E-state index in [0.717, 1.165) is 17.0 Å². The van der Waals surface area contributed by atoms with Gasteiger partial charge < -0.3 is 0 Å². The fourth-order valence-corrected chi connectivity index (χ4v) is 3.70. The van der Waals surface area contributed by atoms with Crippen molar-refractivity contribution in [1.29, 1.82) is 0 Å². The Hall–Kier alpha value is -2.15. The van der Waals surface area contributed by atoms with Crippen LogP contribution in [0.25, 0.3) is 0 Å². The number of halogens is 3. The lowest BCUT2D eigenvalue weighted by molar-refractivity contribution is -0.137. The highest BCUT2D eigenvalue weighted by Crippen LogP contribution is 2.40. The molecule has 1 atom stereocenters. The van der Waals surface area contributed by atoms with Crippen molar-refractivity contribution in [2.45, 2.75) is 16.8 Å². The number of hydrogen-bond donors (Lipinski definition) is 0. The maximum absolute atomic E-state index is 12.9. The minimum Gasteiger partial charge on any atom is -0.282 e. The van der Waals surface area contributed by atoms with Gasteiger partial charge in [0.05, 0.1) is 38.4 Å². The Labute approximate surface area is 126 Å². The highest BCUT2D eigenvalue weighted by atomic mass is 32.2. The molecule has 1 aliphatic heterocycles. The highest BCUT2D eigenvalue weighted by molar-refractivity contribution is 7.84. The fourth-order valence-electron chi connectivity index (χ4n) is 2.40. The number of amides is 1. The summed E-state index contributed by atoms with van der Waals surface area (Å²) in [5, 5.41) is 0. The number of benzene rings is 2. The van der Waals surface area contributed by atoms with Gasteiger partial charge in [0.1, 0.15) is 0 Å². The Morgan fingerprint density at radius 1 is 1.09 bits per heavy atom. The second-order valence-electron chi connectivity index (χ2n) is 4.77. The largest absolute Gasteiger partial charge is 0.416 e. The molecule has 1 aliphatic rings. The van der Waals surface area contributed by atoms with E-state index in [-0.39, 0.29) is 16.3 Å². The van der Waals surface area contributed by atoms with Crippen LogP contribution in [0.3, 0.4) is 0 Å². The van der Waals surface area contributed by atoms with Crippen LogP contribution in [0.5, 0.6) is 0 Å². The topological polar surface area (TPSA) is 37.4 Å². The Morgan fingerprint density at radius 2 is 1.82 bits per heavy atom. The molecule has 114 valence electrons. The van der Waals surface area contributed by atoms with Crippen LogP contribution in [0.4, 0.5) is 24.5 Å². The van der Waals surface area contributed by atoms with Crippen LogP contribution >= 0.6 is 0 Å². The Balaban J connectivity index is 2.26. The highest BCUT2D eigenvalue weighted by Gasteiger charge is 2.33. The molecule has 3 rings (SSSR count). The Kier molecular flexibility index (Phi) is 3.52. The molecule has 22 heavy (non-hydrogen) atoms. The van der Waals surface area contributed by atoms with Gasteiger partial charge in [0.2, 0.25) is 6.41 Å². The predicted molar refractivity (Wildman–Crippen MR) is 76.2 cm³/mol. The number of para-hydroxylation sites is 1. The molecule has 0 radical (unpaired) electrons. The lowest BCUT2D eigenvalue weighted by Gasteiger charge is -2.20. The molecule has 1 heterocycles. The molecule has 0 aliphatic carbocycles. The summed E-state index contributed by atoms with van der Waals surface area (Å²) in [6.07, 6.45) is -4.09. The second-order valence-corrected chi connectivity index (χ2v) is 6.19. The van der Waals surface area contributed by atoms with Gasteiger partial charge in [0, 0.05) is 0 Å². The lowest BCUT2D eigenvalue weighted by Crippen LogP contribution is -2.16. The van der Waals surface area contributed by atoms with Crippen molar-refractivity contribution in [3.05, 3.63) is 53.6 Å². The zero-order valence-corrected chi connectivity index (χ0v) is 11.9. The van der Waals surface area contributed by atoms with Crippen LogP contribution in [0.2, 0.25) is 0 Å². The van der Waals surface area contributed by atoms with E-state index in [0.29, 0.717) is 17.7 Å². The average Bonchev–Trinajstić information content (AvgIpc) is 2.59. The van der Waals surface area contributed by atoms with Crippen LogP contribution in [0.15, 0.2) is 47.4 Å². The number of fused-ring (bicyclic) bond motifs is 2. The number of carbonyl (C=O) groups is 1. The summed E-state index contributed by atoms with van der Waals surface area (Å²) in [6, 6.07) is 9.67. The standard InChI is InChI=1S/C15H10F3NO2S/c16-15(17,18)11-5-6-14-13(7-11)19(9-20)12-4-2-1-3-10(12)8-22(14)21/h1-7,9H,8H2. The van der Waals surface area contributed by atoms with E-state index >= 15 is 0 Å². The van der Waals surface area contributed by atoms with Gasteiger partial charge in [-0.1, -0.05) is 18.2 Å². The number of anilines is 2. The van der Waals surface area contributed by atoms with Gasteiger partial charge >= 0.3 is 6.18 Å². The van der Waals surface area contributed by atoms with Crippen molar-refractivity contribution in [2.75, 3.05) is 4.90 Å². The van der Waals surface area contributed by atoms with Crippen molar-refractivity contribution >= 4 is 28.6 Å². The van der Waals surface area contributed by atoms with Gasteiger partial charge in [0.25, 0.3) is 0 Å². The van der Waals surface area contributed by atoms with E-state index in [9.17, 15) is 22.2 Å².